The summed E-state index contributed by atoms with van der Waals surface area (Å²) in [5.41, 5.74) is 3.57. The first-order valence-electron chi connectivity index (χ1n) is 11.9. The lowest BCUT2D eigenvalue weighted by Gasteiger charge is -2.26. The van der Waals surface area contributed by atoms with Gasteiger partial charge >= 0.3 is 0 Å². The summed E-state index contributed by atoms with van der Waals surface area (Å²) in [7, 11) is 1.94. The summed E-state index contributed by atoms with van der Waals surface area (Å²) in [6.45, 7) is 3.82. The van der Waals surface area contributed by atoms with E-state index in [0.717, 1.165) is 28.7 Å². The van der Waals surface area contributed by atoms with Crippen LogP contribution in [0.15, 0.2) is 67.5 Å². The van der Waals surface area contributed by atoms with Crippen molar-refractivity contribution in [2.75, 3.05) is 18.6 Å². The van der Waals surface area contributed by atoms with Crippen molar-refractivity contribution in [2.45, 2.75) is 26.0 Å². The van der Waals surface area contributed by atoms with Gasteiger partial charge in [0.25, 0.3) is 0 Å². The Morgan fingerprint density at radius 2 is 1.92 bits per heavy atom. The summed E-state index contributed by atoms with van der Waals surface area (Å²) in [5.74, 6) is 1.36. The first-order chi connectivity index (χ1) is 18.3. The largest absolute Gasteiger partial charge is 0.489 e. The highest BCUT2D eigenvalue weighted by atomic mass is 19.1. The van der Waals surface area contributed by atoms with Gasteiger partial charge in [0.05, 0.1) is 48.0 Å². The van der Waals surface area contributed by atoms with Crippen LogP contribution >= 0.6 is 0 Å². The van der Waals surface area contributed by atoms with Gasteiger partial charge in [0.15, 0.2) is 11.6 Å². The Labute approximate surface area is 218 Å². The standard InChI is InChI=1S/C27H25FN8O2/c1-17(37)16-38-23-8-24(27-21(9-29)12-32-36(27)15-23)20-5-6-25(30-11-20)34(3)18(2)19-4-7-26(31-10-19)35-14-22(28)13-33-35/h4-8,10-15,17-18,37H,16H2,1-3H3/t17-,18?/m0/s1. The van der Waals surface area contributed by atoms with Gasteiger partial charge in [-0.2, -0.15) is 15.5 Å². The number of rotatable bonds is 8. The fourth-order valence-electron chi connectivity index (χ4n) is 4.08. The summed E-state index contributed by atoms with van der Waals surface area (Å²) in [6.07, 6.45) is 8.46. The first kappa shape index (κ1) is 24.9. The Morgan fingerprint density at radius 1 is 1.08 bits per heavy atom. The van der Waals surface area contributed by atoms with Gasteiger partial charge in [0.1, 0.15) is 24.2 Å². The molecule has 0 spiro atoms. The van der Waals surface area contributed by atoms with Crippen LogP contribution in [-0.2, 0) is 0 Å². The molecule has 11 heteroatoms. The predicted molar refractivity (Wildman–Crippen MR) is 138 cm³/mol. The molecule has 38 heavy (non-hydrogen) atoms. The van der Waals surface area contributed by atoms with Gasteiger partial charge in [0.2, 0.25) is 0 Å². The lowest BCUT2D eigenvalue weighted by molar-refractivity contribution is 0.122. The van der Waals surface area contributed by atoms with Crippen LogP contribution in [0.1, 0.15) is 31.0 Å². The molecule has 0 saturated carbocycles. The topological polar surface area (TPSA) is 117 Å². The third kappa shape index (κ3) is 4.89. The van der Waals surface area contributed by atoms with Crippen molar-refractivity contribution in [2.24, 2.45) is 0 Å². The number of nitrogens with zero attached hydrogens (tertiary/aromatic N) is 8. The van der Waals surface area contributed by atoms with E-state index in [-0.39, 0.29) is 12.6 Å². The van der Waals surface area contributed by atoms with Crippen LogP contribution in [0.3, 0.4) is 0 Å². The molecule has 1 N–H and O–H groups in total. The Balaban J connectivity index is 1.40. The fourth-order valence-corrected chi connectivity index (χ4v) is 4.08. The van der Waals surface area contributed by atoms with E-state index >= 15 is 0 Å². The van der Waals surface area contributed by atoms with E-state index in [9.17, 15) is 14.8 Å². The monoisotopic (exact) mass is 512 g/mol. The number of fused-ring (bicyclic) bond motifs is 1. The second-order valence-electron chi connectivity index (χ2n) is 8.96. The molecule has 10 nitrogen and oxygen atoms in total. The molecule has 5 heterocycles. The van der Waals surface area contributed by atoms with E-state index in [4.69, 9.17) is 4.74 Å². The Morgan fingerprint density at radius 3 is 2.55 bits per heavy atom. The Hall–Kier alpha value is -4.82. The molecule has 0 amide bonds. The molecule has 5 rings (SSSR count). The molecule has 0 aromatic carbocycles. The highest BCUT2D eigenvalue weighted by Crippen LogP contribution is 2.32. The van der Waals surface area contributed by atoms with Crippen LogP contribution < -0.4 is 9.64 Å². The number of aliphatic hydroxyl groups is 1. The number of ether oxygens (including phenoxy) is 1. The molecule has 0 aliphatic heterocycles. The molecule has 0 aliphatic carbocycles. The molecular formula is C27H25FN8O2. The number of halogens is 1. The zero-order chi connectivity index (χ0) is 26.8. The minimum absolute atomic E-state index is 0.0480. The quantitative estimate of drug-likeness (QED) is 0.332. The van der Waals surface area contributed by atoms with Gasteiger partial charge in [-0.15, -0.1) is 0 Å². The van der Waals surface area contributed by atoms with Crippen LogP contribution in [0.25, 0.3) is 22.5 Å². The molecule has 0 bridgehead atoms. The predicted octanol–water partition coefficient (Wildman–Crippen LogP) is 3.94. The van der Waals surface area contributed by atoms with Gasteiger partial charge in [-0.1, -0.05) is 6.07 Å². The molecule has 5 aromatic heterocycles. The highest BCUT2D eigenvalue weighted by molar-refractivity contribution is 5.85. The molecular weight excluding hydrogens is 487 g/mol. The maximum absolute atomic E-state index is 13.3. The average Bonchev–Trinajstić information content (AvgIpc) is 3.57. The van der Waals surface area contributed by atoms with Crippen molar-refractivity contribution >= 4 is 11.3 Å². The number of aliphatic hydroxyl groups excluding tert-OH is 1. The van der Waals surface area contributed by atoms with Crippen LogP contribution in [0.4, 0.5) is 10.2 Å². The normalized spacial score (nSPS) is 12.7. The van der Waals surface area contributed by atoms with E-state index in [2.05, 4.69) is 26.2 Å². The maximum atomic E-state index is 13.3. The zero-order valence-electron chi connectivity index (χ0n) is 21.0. The van der Waals surface area contributed by atoms with Gasteiger partial charge in [-0.25, -0.2) is 23.6 Å². The number of hydrogen-bond donors (Lipinski definition) is 1. The van der Waals surface area contributed by atoms with Gasteiger partial charge in [-0.05, 0) is 43.7 Å². The molecule has 0 saturated heterocycles. The van der Waals surface area contributed by atoms with E-state index < -0.39 is 11.9 Å². The van der Waals surface area contributed by atoms with Gasteiger partial charge in [-0.3, -0.25) is 0 Å². The van der Waals surface area contributed by atoms with E-state index in [1.807, 2.05) is 43.1 Å². The van der Waals surface area contributed by atoms with Crippen LogP contribution in [-0.4, -0.2) is 54.2 Å². The summed E-state index contributed by atoms with van der Waals surface area (Å²) in [4.78, 5) is 11.1. The van der Waals surface area contributed by atoms with E-state index in [0.29, 0.717) is 22.6 Å². The number of nitriles is 1. The van der Waals surface area contributed by atoms with Crippen molar-refractivity contribution in [3.8, 4) is 28.8 Å². The summed E-state index contributed by atoms with van der Waals surface area (Å²) < 4.78 is 22.0. The lowest BCUT2D eigenvalue weighted by atomic mass is 10.0. The van der Waals surface area contributed by atoms with Crippen molar-refractivity contribution in [3.63, 3.8) is 0 Å². The van der Waals surface area contributed by atoms with Crippen molar-refractivity contribution in [1.29, 1.82) is 5.26 Å². The minimum Gasteiger partial charge on any atom is -0.489 e. The molecule has 5 aromatic rings. The third-order valence-corrected chi connectivity index (χ3v) is 6.24. The van der Waals surface area contributed by atoms with Crippen LogP contribution in [0, 0.1) is 17.1 Å². The Kier molecular flexibility index (Phi) is 6.72. The fraction of sp³-hybridized carbons (Fsp3) is 0.222. The lowest BCUT2D eigenvalue weighted by Crippen LogP contribution is -2.22. The van der Waals surface area contributed by atoms with E-state index in [1.54, 1.807) is 36.1 Å². The van der Waals surface area contributed by atoms with Gasteiger partial charge in [0, 0.05) is 30.6 Å². The van der Waals surface area contributed by atoms with Crippen molar-refractivity contribution in [1.82, 2.24) is 29.4 Å². The molecule has 0 radical (unpaired) electrons. The van der Waals surface area contributed by atoms with Gasteiger partial charge < -0.3 is 14.7 Å². The smallest absolute Gasteiger partial charge is 0.161 e. The number of hydrogen-bond acceptors (Lipinski definition) is 8. The maximum Gasteiger partial charge on any atom is 0.161 e. The summed E-state index contributed by atoms with van der Waals surface area (Å²) in [5, 5.41) is 27.4. The molecule has 2 atom stereocenters. The number of pyridine rings is 3. The molecule has 1 unspecified atom stereocenters. The Bertz CT molecular complexity index is 1600. The zero-order valence-corrected chi connectivity index (χ0v) is 21.0. The third-order valence-electron chi connectivity index (χ3n) is 6.24. The van der Waals surface area contributed by atoms with Crippen LogP contribution in [0.5, 0.6) is 5.75 Å². The first-order valence-corrected chi connectivity index (χ1v) is 11.9. The van der Waals surface area contributed by atoms with Crippen molar-refractivity contribution in [3.05, 3.63) is 84.5 Å². The molecule has 192 valence electrons. The average molecular weight is 513 g/mol. The number of anilines is 1. The van der Waals surface area contributed by atoms with E-state index in [1.165, 1.54) is 17.1 Å². The minimum atomic E-state index is -0.625. The van der Waals surface area contributed by atoms with Crippen LogP contribution in [0.2, 0.25) is 0 Å². The second kappa shape index (κ2) is 10.3. The second-order valence-corrected chi connectivity index (χ2v) is 8.96. The summed E-state index contributed by atoms with van der Waals surface area (Å²) >= 11 is 0. The van der Waals surface area contributed by atoms with Crippen molar-refractivity contribution < 1.29 is 14.2 Å². The SMILES string of the molecule is CC(c1ccc(-n2cc(F)cn2)nc1)N(C)c1ccc(-c2cc(OC[C@H](C)O)cn3ncc(C#N)c23)cn1. The molecule has 0 aliphatic rings. The number of aromatic nitrogens is 6. The highest BCUT2D eigenvalue weighted by Gasteiger charge is 2.17. The molecule has 0 fully saturated rings. The summed E-state index contributed by atoms with van der Waals surface area (Å²) in [6, 6.07) is 11.5.